The van der Waals surface area contributed by atoms with Gasteiger partial charge >= 0.3 is 0 Å². The van der Waals surface area contributed by atoms with Gasteiger partial charge in [0.2, 0.25) is 5.82 Å². The molecule has 0 amide bonds. The zero-order valence-corrected chi connectivity index (χ0v) is 18.2. The lowest BCUT2D eigenvalue weighted by Gasteiger charge is -2.17. The van der Waals surface area contributed by atoms with Gasteiger partial charge in [-0.05, 0) is 69.0 Å². The van der Waals surface area contributed by atoms with Crippen LogP contribution in [0.4, 0.5) is 8.78 Å². The number of nitrogens with zero attached hydrogens (tertiary/aromatic N) is 2. The van der Waals surface area contributed by atoms with E-state index in [-0.39, 0.29) is 23.4 Å². The molecule has 1 aromatic heterocycles. The fraction of sp³-hybridized carbons (Fsp3) is 0.333. The summed E-state index contributed by atoms with van der Waals surface area (Å²) >= 11 is 0. The molecule has 1 aliphatic carbocycles. The van der Waals surface area contributed by atoms with Crippen LogP contribution in [0.15, 0.2) is 47.0 Å². The van der Waals surface area contributed by atoms with E-state index in [1.165, 1.54) is 18.9 Å². The number of ether oxygens (including phenoxy) is 2. The zero-order chi connectivity index (χ0) is 23.0. The number of hydroxylamine groups is 1. The number of halogens is 2. The average Bonchev–Trinajstić information content (AvgIpc) is 3.55. The first-order chi connectivity index (χ1) is 15.9. The molecule has 0 radical (unpaired) electrons. The molecular weight excluding hydrogens is 432 g/mol. The molecule has 172 valence electrons. The maximum atomic E-state index is 14.1. The number of rotatable bonds is 6. The van der Waals surface area contributed by atoms with Gasteiger partial charge in [-0.1, -0.05) is 5.16 Å². The fourth-order valence-corrected chi connectivity index (χ4v) is 4.07. The minimum absolute atomic E-state index is 0.00544. The van der Waals surface area contributed by atoms with Crippen LogP contribution in [0.2, 0.25) is 0 Å². The minimum atomic E-state index is -1.09. The maximum Gasteiger partial charge on any atom is 0.265 e. The summed E-state index contributed by atoms with van der Waals surface area (Å²) in [5.74, 6) is 0.00669. The summed E-state index contributed by atoms with van der Waals surface area (Å²) in [5.41, 5.74) is 3.36. The van der Waals surface area contributed by atoms with Gasteiger partial charge in [0.1, 0.15) is 11.6 Å². The van der Waals surface area contributed by atoms with Gasteiger partial charge in [0.25, 0.3) is 5.89 Å². The highest BCUT2D eigenvalue weighted by atomic mass is 19.1. The van der Waals surface area contributed by atoms with Crippen LogP contribution in [0.1, 0.15) is 44.1 Å². The van der Waals surface area contributed by atoms with Crippen molar-refractivity contribution in [3.63, 3.8) is 0 Å². The summed E-state index contributed by atoms with van der Waals surface area (Å²) in [6, 6.07) is 8.81. The van der Waals surface area contributed by atoms with Gasteiger partial charge in [-0.25, -0.2) is 8.78 Å². The molecule has 7 nitrogen and oxygen atoms in total. The fourth-order valence-electron chi connectivity index (χ4n) is 4.07. The van der Waals surface area contributed by atoms with Gasteiger partial charge in [0.15, 0.2) is 17.1 Å². The third-order valence-corrected chi connectivity index (χ3v) is 5.89. The summed E-state index contributed by atoms with van der Waals surface area (Å²) < 4.78 is 44.3. The van der Waals surface area contributed by atoms with E-state index in [1.54, 1.807) is 20.1 Å². The Morgan fingerprint density at radius 3 is 2.67 bits per heavy atom. The highest BCUT2D eigenvalue weighted by Crippen LogP contribution is 2.38. The number of hydrogen-bond acceptors (Lipinski definition) is 7. The van der Waals surface area contributed by atoms with Crippen LogP contribution in [0, 0.1) is 11.6 Å². The molecule has 2 aliphatic rings. The number of nitrogens with one attached hydrogen (secondary N) is 1. The first-order valence-electron chi connectivity index (χ1n) is 10.8. The lowest BCUT2D eigenvalue weighted by atomic mass is 10.0. The Labute approximate surface area is 189 Å². The number of methoxy groups -OCH3 is 1. The van der Waals surface area contributed by atoms with E-state index in [2.05, 4.69) is 15.6 Å². The molecule has 3 aromatic rings. The Balaban J connectivity index is 1.41. The van der Waals surface area contributed by atoms with Gasteiger partial charge in [-0.3, -0.25) is 10.3 Å². The Morgan fingerprint density at radius 2 is 1.91 bits per heavy atom. The van der Waals surface area contributed by atoms with Gasteiger partial charge < -0.3 is 14.0 Å². The van der Waals surface area contributed by atoms with Gasteiger partial charge in [-0.2, -0.15) is 4.98 Å². The summed E-state index contributed by atoms with van der Waals surface area (Å²) in [6.07, 6.45) is 6.38. The van der Waals surface area contributed by atoms with Crippen molar-refractivity contribution in [2.45, 2.75) is 44.3 Å². The van der Waals surface area contributed by atoms with Crippen molar-refractivity contribution >= 4 is 5.70 Å². The average molecular weight is 455 g/mol. The van der Waals surface area contributed by atoms with Crippen molar-refractivity contribution in [3.05, 3.63) is 65.6 Å². The van der Waals surface area contributed by atoms with Crippen LogP contribution in [-0.2, 0) is 10.4 Å². The summed E-state index contributed by atoms with van der Waals surface area (Å²) in [4.78, 5) is 10.0. The number of hydrogen-bond donors (Lipinski definition) is 1. The third kappa shape index (κ3) is 4.16. The maximum absolute atomic E-state index is 14.1. The van der Waals surface area contributed by atoms with Crippen molar-refractivity contribution in [2.24, 2.45) is 0 Å². The van der Waals surface area contributed by atoms with E-state index in [1.807, 2.05) is 18.2 Å². The van der Waals surface area contributed by atoms with Crippen LogP contribution >= 0.6 is 0 Å². The van der Waals surface area contributed by atoms with Crippen LogP contribution in [0.25, 0.3) is 17.1 Å². The topological polar surface area (TPSA) is 78.6 Å². The van der Waals surface area contributed by atoms with Crippen LogP contribution < -0.4 is 15.0 Å². The molecule has 0 spiro atoms. The van der Waals surface area contributed by atoms with E-state index in [0.717, 1.165) is 30.5 Å². The molecule has 5 rings (SSSR count). The number of aromatic nitrogens is 2. The summed E-state index contributed by atoms with van der Waals surface area (Å²) in [6.45, 7) is 1.74. The van der Waals surface area contributed by atoms with Gasteiger partial charge in [-0.15, -0.1) is 0 Å². The van der Waals surface area contributed by atoms with Gasteiger partial charge in [0.05, 0.1) is 24.5 Å². The molecule has 1 atom stereocenters. The summed E-state index contributed by atoms with van der Waals surface area (Å²) in [7, 11) is 1.61. The van der Waals surface area contributed by atoms with E-state index in [9.17, 15) is 8.78 Å². The first-order valence-corrected chi connectivity index (χ1v) is 10.8. The monoisotopic (exact) mass is 455 g/mol. The molecular formula is C24H23F2N3O4. The second-order valence-corrected chi connectivity index (χ2v) is 8.31. The Kier molecular flexibility index (Phi) is 5.49. The quantitative estimate of drug-likeness (QED) is 0.552. The normalized spacial score (nSPS) is 20.5. The molecule has 1 aliphatic heterocycles. The van der Waals surface area contributed by atoms with E-state index >= 15 is 0 Å². The molecule has 33 heavy (non-hydrogen) atoms. The van der Waals surface area contributed by atoms with Crippen LogP contribution in [0.3, 0.4) is 0 Å². The molecule has 1 unspecified atom stereocenters. The van der Waals surface area contributed by atoms with Crippen LogP contribution in [-0.4, -0.2) is 23.4 Å². The molecule has 1 saturated carbocycles. The van der Waals surface area contributed by atoms with Crippen molar-refractivity contribution in [1.29, 1.82) is 0 Å². The molecule has 2 aromatic carbocycles. The standard InChI is InChI=1S/C24H23F2N3O4/c1-24(23-27-22(29-32-23)17-9-8-15(25)12-18(17)26)13-19(28-33-24)14-7-10-20(30-2)21(11-14)31-16-5-3-4-6-16/h7-13,16,28H,3-6H2,1-2H3. The summed E-state index contributed by atoms with van der Waals surface area (Å²) in [5, 5.41) is 3.84. The molecule has 1 N–H and O–H groups in total. The highest BCUT2D eigenvalue weighted by molar-refractivity contribution is 5.68. The third-order valence-electron chi connectivity index (χ3n) is 5.89. The Bertz CT molecular complexity index is 1210. The molecule has 0 saturated heterocycles. The Morgan fingerprint density at radius 1 is 1.09 bits per heavy atom. The molecule has 2 heterocycles. The van der Waals surface area contributed by atoms with Crippen molar-refractivity contribution in [3.8, 4) is 22.9 Å². The molecule has 9 heteroatoms. The SMILES string of the molecule is COc1ccc(C2=CC(C)(c3nc(-c4ccc(F)cc4F)no3)ON2)cc1OC1CCCC1. The second-order valence-electron chi connectivity index (χ2n) is 8.31. The lowest BCUT2D eigenvalue weighted by Crippen LogP contribution is -2.23. The van der Waals surface area contributed by atoms with E-state index in [0.29, 0.717) is 17.2 Å². The minimum Gasteiger partial charge on any atom is -0.493 e. The second kappa shape index (κ2) is 8.47. The van der Waals surface area contributed by atoms with E-state index in [4.69, 9.17) is 18.8 Å². The van der Waals surface area contributed by atoms with Crippen molar-refractivity contribution in [2.75, 3.05) is 7.11 Å². The van der Waals surface area contributed by atoms with Crippen LogP contribution in [0.5, 0.6) is 11.5 Å². The smallest absolute Gasteiger partial charge is 0.265 e. The highest BCUT2D eigenvalue weighted by Gasteiger charge is 2.38. The van der Waals surface area contributed by atoms with Gasteiger partial charge in [0, 0.05) is 11.6 Å². The van der Waals surface area contributed by atoms with E-state index < -0.39 is 17.2 Å². The number of benzene rings is 2. The van der Waals surface area contributed by atoms with Crippen molar-refractivity contribution in [1.82, 2.24) is 15.6 Å². The molecule has 1 fully saturated rings. The lowest BCUT2D eigenvalue weighted by molar-refractivity contribution is -0.0445. The first kappa shape index (κ1) is 21.4. The predicted octanol–water partition coefficient (Wildman–Crippen LogP) is 5.14. The van der Waals surface area contributed by atoms with Crippen molar-refractivity contribution < 1.29 is 27.6 Å². The predicted molar refractivity (Wildman–Crippen MR) is 115 cm³/mol. The molecule has 0 bridgehead atoms. The Hall–Kier alpha value is -3.46. The zero-order valence-electron chi connectivity index (χ0n) is 18.2. The largest absolute Gasteiger partial charge is 0.493 e.